The second-order valence-corrected chi connectivity index (χ2v) is 4.76. The van der Waals surface area contributed by atoms with Crippen LogP contribution in [0.15, 0.2) is 0 Å². The molecule has 4 nitrogen and oxygen atoms in total. The lowest BCUT2D eigenvalue weighted by molar-refractivity contribution is -0.109. The van der Waals surface area contributed by atoms with Crippen molar-refractivity contribution >= 4 is 6.41 Å². The van der Waals surface area contributed by atoms with Crippen molar-refractivity contribution < 1.29 is 4.79 Å². The third-order valence-corrected chi connectivity index (χ3v) is 3.54. The highest BCUT2D eigenvalue weighted by Gasteiger charge is 2.14. The summed E-state index contributed by atoms with van der Waals surface area (Å²) in [5, 5.41) is 2.70. The van der Waals surface area contributed by atoms with Crippen molar-refractivity contribution in [1.82, 2.24) is 15.1 Å². The van der Waals surface area contributed by atoms with Crippen LogP contribution in [-0.4, -0.2) is 62.0 Å². The molecule has 0 atom stereocenters. The Morgan fingerprint density at radius 3 is 2.29 bits per heavy atom. The molecule has 0 saturated carbocycles. The summed E-state index contributed by atoms with van der Waals surface area (Å²) in [4.78, 5) is 15.1. The van der Waals surface area contributed by atoms with E-state index in [4.69, 9.17) is 0 Å². The fraction of sp³-hybridized carbons (Fsp3) is 0.923. The molecule has 1 rings (SSSR count). The molecule has 0 radical (unpaired) electrons. The first-order valence-corrected chi connectivity index (χ1v) is 6.98. The van der Waals surface area contributed by atoms with E-state index in [1.54, 1.807) is 0 Å². The molecule has 1 fully saturated rings. The Hall–Kier alpha value is -0.610. The average molecular weight is 241 g/mol. The standard InChI is InChI=1S/C13H27N3O/c1-2-15-9-11-16(12-10-15)8-6-4-3-5-7-14-13-17/h13H,2-12H2,1H3,(H,14,17). The van der Waals surface area contributed by atoms with Gasteiger partial charge >= 0.3 is 0 Å². The third kappa shape index (κ3) is 6.64. The van der Waals surface area contributed by atoms with E-state index in [0.717, 1.165) is 19.4 Å². The number of carbonyl (C=O) groups is 1. The van der Waals surface area contributed by atoms with Crippen LogP contribution in [0.2, 0.25) is 0 Å². The Balaban J connectivity index is 1.88. The maximum Gasteiger partial charge on any atom is 0.207 e. The second-order valence-electron chi connectivity index (χ2n) is 4.76. The van der Waals surface area contributed by atoms with Gasteiger partial charge in [0.2, 0.25) is 6.41 Å². The Kier molecular flexibility index (Phi) is 8.01. The molecule has 0 aromatic carbocycles. The first kappa shape index (κ1) is 14.5. The average Bonchev–Trinajstić information content (AvgIpc) is 2.38. The lowest BCUT2D eigenvalue weighted by Crippen LogP contribution is -2.46. The molecule has 0 aliphatic carbocycles. The number of unbranched alkanes of at least 4 members (excludes halogenated alkanes) is 3. The van der Waals surface area contributed by atoms with E-state index >= 15 is 0 Å². The fourth-order valence-electron chi connectivity index (χ4n) is 2.30. The van der Waals surface area contributed by atoms with Crippen LogP contribution in [-0.2, 0) is 4.79 Å². The molecule has 4 heteroatoms. The minimum Gasteiger partial charge on any atom is -0.359 e. The predicted octanol–water partition coefficient (Wildman–Crippen LogP) is 0.930. The number of piperazine rings is 1. The fourth-order valence-corrected chi connectivity index (χ4v) is 2.30. The van der Waals surface area contributed by atoms with Gasteiger partial charge in [-0.25, -0.2) is 0 Å². The molecule has 1 amide bonds. The van der Waals surface area contributed by atoms with E-state index in [-0.39, 0.29) is 0 Å². The van der Waals surface area contributed by atoms with Gasteiger partial charge in [0.15, 0.2) is 0 Å². The van der Waals surface area contributed by atoms with E-state index in [2.05, 4.69) is 22.0 Å². The number of carbonyl (C=O) groups excluding carboxylic acids is 1. The van der Waals surface area contributed by atoms with Gasteiger partial charge in [0.25, 0.3) is 0 Å². The van der Waals surface area contributed by atoms with Crippen LogP contribution in [0.3, 0.4) is 0 Å². The smallest absolute Gasteiger partial charge is 0.207 e. The van der Waals surface area contributed by atoms with E-state index in [1.807, 2.05) is 0 Å². The first-order valence-electron chi connectivity index (χ1n) is 6.98. The van der Waals surface area contributed by atoms with Crippen LogP contribution in [0.25, 0.3) is 0 Å². The molecule has 1 N–H and O–H groups in total. The molecule has 0 unspecified atom stereocenters. The number of hydrogen-bond donors (Lipinski definition) is 1. The molecule has 100 valence electrons. The summed E-state index contributed by atoms with van der Waals surface area (Å²) in [6, 6.07) is 0. The van der Waals surface area contributed by atoms with Crippen molar-refractivity contribution in [1.29, 1.82) is 0 Å². The number of amides is 1. The van der Waals surface area contributed by atoms with Gasteiger partial charge in [0, 0.05) is 32.7 Å². The summed E-state index contributed by atoms with van der Waals surface area (Å²) >= 11 is 0. The van der Waals surface area contributed by atoms with Gasteiger partial charge in [-0.1, -0.05) is 19.8 Å². The Bertz CT molecular complexity index is 191. The Morgan fingerprint density at radius 1 is 1.00 bits per heavy atom. The molecule has 0 bridgehead atoms. The predicted molar refractivity (Wildman–Crippen MR) is 71.1 cm³/mol. The van der Waals surface area contributed by atoms with Crippen LogP contribution >= 0.6 is 0 Å². The topological polar surface area (TPSA) is 35.6 Å². The molecule has 0 aromatic heterocycles. The van der Waals surface area contributed by atoms with Gasteiger partial charge in [-0.3, -0.25) is 4.79 Å². The number of nitrogens with one attached hydrogen (secondary N) is 1. The van der Waals surface area contributed by atoms with Crippen molar-refractivity contribution in [2.24, 2.45) is 0 Å². The van der Waals surface area contributed by atoms with Gasteiger partial charge < -0.3 is 15.1 Å². The number of nitrogens with zero attached hydrogens (tertiary/aromatic N) is 2. The zero-order chi connectivity index (χ0) is 12.3. The van der Waals surface area contributed by atoms with E-state index in [9.17, 15) is 4.79 Å². The van der Waals surface area contributed by atoms with Gasteiger partial charge in [0.05, 0.1) is 0 Å². The first-order chi connectivity index (χ1) is 8.36. The maximum absolute atomic E-state index is 10.0. The summed E-state index contributed by atoms with van der Waals surface area (Å²) in [7, 11) is 0. The molecule has 17 heavy (non-hydrogen) atoms. The summed E-state index contributed by atoms with van der Waals surface area (Å²) in [6.07, 6.45) is 5.72. The summed E-state index contributed by atoms with van der Waals surface area (Å²) in [6.45, 7) is 10.5. The molecule has 0 spiro atoms. The van der Waals surface area contributed by atoms with E-state index < -0.39 is 0 Å². The molecular weight excluding hydrogens is 214 g/mol. The van der Waals surface area contributed by atoms with Crippen LogP contribution in [0.1, 0.15) is 32.6 Å². The van der Waals surface area contributed by atoms with Crippen molar-refractivity contribution in [3.05, 3.63) is 0 Å². The zero-order valence-corrected chi connectivity index (χ0v) is 11.2. The van der Waals surface area contributed by atoms with Gasteiger partial charge in [-0.2, -0.15) is 0 Å². The number of rotatable bonds is 9. The minimum absolute atomic E-state index is 0.785. The highest BCUT2D eigenvalue weighted by molar-refractivity contribution is 5.45. The highest BCUT2D eigenvalue weighted by Crippen LogP contribution is 2.05. The number of likely N-dealkylation sites (N-methyl/N-ethyl adjacent to an activating group) is 1. The molecule has 1 aliphatic heterocycles. The molecule has 1 aliphatic rings. The van der Waals surface area contributed by atoms with Crippen molar-refractivity contribution in [2.75, 3.05) is 45.8 Å². The maximum atomic E-state index is 10.0. The molecule has 1 saturated heterocycles. The molecule has 1 heterocycles. The lowest BCUT2D eigenvalue weighted by atomic mass is 10.2. The van der Waals surface area contributed by atoms with Crippen LogP contribution in [0.4, 0.5) is 0 Å². The third-order valence-electron chi connectivity index (χ3n) is 3.54. The van der Waals surface area contributed by atoms with E-state index in [1.165, 1.54) is 58.5 Å². The van der Waals surface area contributed by atoms with Crippen molar-refractivity contribution in [2.45, 2.75) is 32.6 Å². The minimum atomic E-state index is 0.785. The zero-order valence-electron chi connectivity index (χ0n) is 11.2. The van der Waals surface area contributed by atoms with Gasteiger partial charge in [0.1, 0.15) is 0 Å². The van der Waals surface area contributed by atoms with Gasteiger partial charge in [-0.15, -0.1) is 0 Å². The quantitative estimate of drug-likeness (QED) is 0.482. The van der Waals surface area contributed by atoms with Crippen molar-refractivity contribution in [3.8, 4) is 0 Å². The van der Waals surface area contributed by atoms with Crippen LogP contribution in [0, 0.1) is 0 Å². The second kappa shape index (κ2) is 9.42. The summed E-state index contributed by atoms with van der Waals surface area (Å²) in [5.74, 6) is 0. The molecule has 0 aromatic rings. The van der Waals surface area contributed by atoms with E-state index in [0.29, 0.717) is 0 Å². The Labute approximate surface area is 105 Å². The largest absolute Gasteiger partial charge is 0.359 e. The highest BCUT2D eigenvalue weighted by atomic mass is 16.1. The monoisotopic (exact) mass is 241 g/mol. The molecular formula is C13H27N3O. The number of hydrogen-bond acceptors (Lipinski definition) is 3. The van der Waals surface area contributed by atoms with Crippen LogP contribution in [0.5, 0.6) is 0 Å². The summed E-state index contributed by atoms with van der Waals surface area (Å²) < 4.78 is 0. The SMILES string of the molecule is CCN1CCN(CCCCCCNC=O)CC1. The normalized spacial score (nSPS) is 18.2. The Morgan fingerprint density at radius 2 is 1.65 bits per heavy atom. The summed E-state index contributed by atoms with van der Waals surface area (Å²) in [5.41, 5.74) is 0. The van der Waals surface area contributed by atoms with Crippen LogP contribution < -0.4 is 5.32 Å². The lowest BCUT2D eigenvalue weighted by Gasteiger charge is -2.33. The van der Waals surface area contributed by atoms with Gasteiger partial charge in [-0.05, 0) is 25.9 Å². The van der Waals surface area contributed by atoms with Crippen molar-refractivity contribution in [3.63, 3.8) is 0 Å².